The smallest absolute Gasteiger partial charge is 0.130 e. The number of hydrogen-bond donors (Lipinski definition) is 0. The molecule has 0 aromatic rings. The van der Waals surface area contributed by atoms with E-state index in [1.807, 2.05) is 0 Å². The fourth-order valence-corrected chi connectivity index (χ4v) is 0.781. The predicted octanol–water partition coefficient (Wildman–Crippen LogP) is 2.28. The van der Waals surface area contributed by atoms with Crippen LogP contribution in [0.3, 0.4) is 0 Å². The standard InChI is InChI=1S/C7H12ClNO/c1-10-7(8)5-3-2-4-6-9/h7H,2-5H2,1H3. The Labute approximate surface area is 66.7 Å². The van der Waals surface area contributed by atoms with Gasteiger partial charge in [-0.3, -0.25) is 0 Å². The Morgan fingerprint density at radius 3 is 2.80 bits per heavy atom. The normalized spacial score (nSPS) is 12.5. The first-order valence-electron chi connectivity index (χ1n) is 3.35. The highest BCUT2D eigenvalue weighted by atomic mass is 35.5. The number of halogens is 1. The molecule has 0 aromatic heterocycles. The van der Waals surface area contributed by atoms with Crippen molar-refractivity contribution in [3.63, 3.8) is 0 Å². The Bertz CT molecular complexity index is 111. The summed E-state index contributed by atoms with van der Waals surface area (Å²) in [7, 11) is 1.59. The molecule has 0 saturated heterocycles. The molecule has 0 saturated carbocycles. The van der Waals surface area contributed by atoms with E-state index in [2.05, 4.69) is 6.07 Å². The van der Waals surface area contributed by atoms with Crippen LogP contribution in [0.15, 0.2) is 0 Å². The van der Waals surface area contributed by atoms with Crippen LogP contribution in [0.2, 0.25) is 0 Å². The van der Waals surface area contributed by atoms with Crippen LogP contribution in [0.25, 0.3) is 0 Å². The molecule has 0 amide bonds. The Hall–Kier alpha value is -0.260. The van der Waals surface area contributed by atoms with Gasteiger partial charge in [0.05, 0.1) is 6.07 Å². The second-order valence-electron chi connectivity index (χ2n) is 2.05. The molecule has 0 bridgehead atoms. The summed E-state index contributed by atoms with van der Waals surface area (Å²) in [5.74, 6) is 0. The maximum atomic E-state index is 8.17. The molecule has 0 aliphatic carbocycles. The number of nitriles is 1. The Morgan fingerprint density at radius 2 is 2.30 bits per heavy atom. The molecule has 0 spiro atoms. The summed E-state index contributed by atoms with van der Waals surface area (Å²) in [6.45, 7) is 0. The predicted molar refractivity (Wildman–Crippen MR) is 40.7 cm³/mol. The minimum Gasteiger partial charge on any atom is -0.366 e. The SMILES string of the molecule is COC(Cl)CCCCC#N. The first kappa shape index (κ1) is 9.74. The first-order chi connectivity index (χ1) is 4.81. The molecular formula is C7H12ClNO. The number of rotatable bonds is 5. The van der Waals surface area contributed by atoms with Crippen molar-refractivity contribution in [1.82, 2.24) is 0 Å². The van der Waals surface area contributed by atoms with E-state index in [0.29, 0.717) is 6.42 Å². The second-order valence-corrected chi connectivity index (χ2v) is 2.54. The van der Waals surface area contributed by atoms with Gasteiger partial charge in [0, 0.05) is 13.5 Å². The molecule has 0 rings (SSSR count). The number of nitrogens with zero attached hydrogens (tertiary/aromatic N) is 1. The van der Waals surface area contributed by atoms with Crippen LogP contribution in [-0.4, -0.2) is 12.7 Å². The summed E-state index contributed by atoms with van der Waals surface area (Å²) in [4.78, 5) is 0. The van der Waals surface area contributed by atoms with Crippen LogP contribution in [0, 0.1) is 11.3 Å². The minimum atomic E-state index is -0.182. The molecule has 1 atom stereocenters. The fourth-order valence-electron chi connectivity index (χ4n) is 0.627. The molecular weight excluding hydrogens is 150 g/mol. The van der Waals surface area contributed by atoms with Crippen LogP contribution < -0.4 is 0 Å². The van der Waals surface area contributed by atoms with Gasteiger partial charge in [0.2, 0.25) is 0 Å². The van der Waals surface area contributed by atoms with Crippen molar-refractivity contribution in [3.05, 3.63) is 0 Å². The summed E-state index contributed by atoms with van der Waals surface area (Å²) < 4.78 is 4.81. The van der Waals surface area contributed by atoms with Crippen molar-refractivity contribution in [2.75, 3.05) is 7.11 Å². The monoisotopic (exact) mass is 161 g/mol. The highest BCUT2D eigenvalue weighted by molar-refractivity contribution is 6.19. The number of hydrogen-bond acceptors (Lipinski definition) is 2. The van der Waals surface area contributed by atoms with Gasteiger partial charge in [-0.25, -0.2) is 0 Å². The van der Waals surface area contributed by atoms with Crippen LogP contribution in [0.1, 0.15) is 25.7 Å². The van der Waals surface area contributed by atoms with E-state index in [1.54, 1.807) is 7.11 Å². The summed E-state index contributed by atoms with van der Waals surface area (Å²) >= 11 is 5.64. The number of alkyl halides is 1. The first-order valence-corrected chi connectivity index (χ1v) is 3.78. The average Bonchev–Trinajstić information content (AvgIpc) is 1.98. The molecule has 0 aromatic carbocycles. The van der Waals surface area contributed by atoms with E-state index in [-0.39, 0.29) is 5.56 Å². The number of ether oxygens (including phenoxy) is 1. The lowest BCUT2D eigenvalue weighted by atomic mass is 10.2. The highest BCUT2D eigenvalue weighted by Crippen LogP contribution is 2.08. The fraction of sp³-hybridized carbons (Fsp3) is 0.857. The number of methoxy groups -OCH3 is 1. The van der Waals surface area contributed by atoms with Crippen molar-refractivity contribution in [2.24, 2.45) is 0 Å². The zero-order valence-corrected chi connectivity index (χ0v) is 6.90. The molecule has 3 heteroatoms. The van der Waals surface area contributed by atoms with Gasteiger partial charge in [0.25, 0.3) is 0 Å². The molecule has 0 aliphatic rings. The van der Waals surface area contributed by atoms with E-state index in [4.69, 9.17) is 21.6 Å². The van der Waals surface area contributed by atoms with Gasteiger partial charge in [0.15, 0.2) is 0 Å². The van der Waals surface area contributed by atoms with Gasteiger partial charge >= 0.3 is 0 Å². The molecule has 1 unspecified atom stereocenters. The van der Waals surface area contributed by atoms with Crippen molar-refractivity contribution >= 4 is 11.6 Å². The van der Waals surface area contributed by atoms with Crippen LogP contribution in [-0.2, 0) is 4.74 Å². The van der Waals surface area contributed by atoms with E-state index in [9.17, 15) is 0 Å². The third kappa shape index (κ3) is 5.87. The topological polar surface area (TPSA) is 33.0 Å². The van der Waals surface area contributed by atoms with Crippen molar-refractivity contribution < 1.29 is 4.74 Å². The summed E-state index contributed by atoms with van der Waals surface area (Å²) in [5, 5.41) is 8.17. The highest BCUT2D eigenvalue weighted by Gasteiger charge is 1.99. The third-order valence-corrected chi connectivity index (χ3v) is 1.62. The molecule has 0 heterocycles. The lowest BCUT2D eigenvalue weighted by Crippen LogP contribution is -1.99. The second kappa shape index (κ2) is 6.85. The third-order valence-electron chi connectivity index (χ3n) is 1.23. The quantitative estimate of drug-likeness (QED) is 0.458. The zero-order chi connectivity index (χ0) is 7.82. The summed E-state index contributed by atoms with van der Waals surface area (Å²) in [5.41, 5.74) is -0.182. The minimum absolute atomic E-state index is 0.182. The largest absolute Gasteiger partial charge is 0.366 e. The lowest BCUT2D eigenvalue weighted by molar-refractivity contribution is 0.157. The molecule has 0 radical (unpaired) electrons. The van der Waals surface area contributed by atoms with Crippen LogP contribution in [0.4, 0.5) is 0 Å². The van der Waals surface area contributed by atoms with Gasteiger partial charge in [-0.1, -0.05) is 11.6 Å². The van der Waals surface area contributed by atoms with Gasteiger partial charge in [-0.05, 0) is 19.3 Å². The van der Waals surface area contributed by atoms with E-state index >= 15 is 0 Å². The maximum Gasteiger partial charge on any atom is 0.130 e. The van der Waals surface area contributed by atoms with E-state index < -0.39 is 0 Å². The maximum absolute atomic E-state index is 8.17. The number of unbranched alkanes of at least 4 members (excludes halogenated alkanes) is 2. The van der Waals surface area contributed by atoms with Crippen molar-refractivity contribution in [2.45, 2.75) is 31.2 Å². The van der Waals surface area contributed by atoms with Crippen molar-refractivity contribution in [3.8, 4) is 6.07 Å². The molecule has 58 valence electrons. The average molecular weight is 162 g/mol. The molecule has 0 fully saturated rings. The molecule has 0 N–H and O–H groups in total. The Kier molecular flexibility index (Phi) is 6.68. The summed E-state index contributed by atoms with van der Waals surface area (Å²) in [6, 6.07) is 2.08. The van der Waals surface area contributed by atoms with Crippen molar-refractivity contribution in [1.29, 1.82) is 5.26 Å². The molecule has 2 nitrogen and oxygen atoms in total. The van der Waals surface area contributed by atoms with E-state index in [1.165, 1.54) is 0 Å². The van der Waals surface area contributed by atoms with Crippen LogP contribution in [0.5, 0.6) is 0 Å². The molecule has 0 aliphatic heterocycles. The summed E-state index contributed by atoms with van der Waals surface area (Å²) in [6.07, 6.45) is 3.34. The molecule has 10 heavy (non-hydrogen) atoms. The van der Waals surface area contributed by atoms with E-state index in [0.717, 1.165) is 19.3 Å². The Morgan fingerprint density at radius 1 is 1.60 bits per heavy atom. The van der Waals surface area contributed by atoms with Gasteiger partial charge in [0.1, 0.15) is 5.56 Å². The zero-order valence-electron chi connectivity index (χ0n) is 6.14. The lowest BCUT2D eigenvalue weighted by Gasteiger charge is -2.04. The van der Waals surface area contributed by atoms with Crippen LogP contribution >= 0.6 is 11.6 Å². The van der Waals surface area contributed by atoms with Gasteiger partial charge in [-0.2, -0.15) is 5.26 Å². The van der Waals surface area contributed by atoms with Gasteiger partial charge in [-0.15, -0.1) is 0 Å². The van der Waals surface area contributed by atoms with Gasteiger partial charge < -0.3 is 4.74 Å². The Balaban J connectivity index is 2.98.